The van der Waals surface area contributed by atoms with E-state index in [-0.39, 0.29) is 12.0 Å². The van der Waals surface area contributed by atoms with Crippen molar-refractivity contribution in [3.05, 3.63) is 29.6 Å². The molecule has 0 aliphatic carbocycles. The number of hydrogen-bond donors (Lipinski definition) is 1. The standard InChI is InChI=1S/C11H16N2O2/c1-8(12)3-5-10-6-4-9(7-13-10)11(14)15-2/h4,6-8H,3,5,12H2,1-2H3/t8-/m0/s1. The van der Waals surface area contributed by atoms with Gasteiger partial charge in [0.1, 0.15) is 0 Å². The Morgan fingerprint density at radius 3 is 2.80 bits per heavy atom. The molecule has 4 heteroatoms. The minimum Gasteiger partial charge on any atom is -0.465 e. The number of carbonyl (C=O) groups is 1. The van der Waals surface area contributed by atoms with Crippen LogP contribution in [0.3, 0.4) is 0 Å². The van der Waals surface area contributed by atoms with E-state index >= 15 is 0 Å². The fourth-order valence-electron chi connectivity index (χ4n) is 1.19. The Morgan fingerprint density at radius 2 is 2.33 bits per heavy atom. The molecule has 0 saturated heterocycles. The van der Waals surface area contributed by atoms with Gasteiger partial charge < -0.3 is 10.5 Å². The van der Waals surface area contributed by atoms with Crippen LogP contribution in [0.2, 0.25) is 0 Å². The monoisotopic (exact) mass is 208 g/mol. The molecule has 0 bridgehead atoms. The van der Waals surface area contributed by atoms with E-state index in [9.17, 15) is 4.79 Å². The number of methoxy groups -OCH3 is 1. The molecule has 0 spiro atoms. The first-order chi connectivity index (χ1) is 7.13. The molecule has 15 heavy (non-hydrogen) atoms. The van der Waals surface area contributed by atoms with Gasteiger partial charge in [-0.3, -0.25) is 4.98 Å². The molecule has 82 valence electrons. The van der Waals surface area contributed by atoms with Crippen LogP contribution in [0.25, 0.3) is 0 Å². The summed E-state index contributed by atoms with van der Waals surface area (Å²) in [6, 6.07) is 3.72. The van der Waals surface area contributed by atoms with Gasteiger partial charge in [0, 0.05) is 17.9 Å². The lowest BCUT2D eigenvalue weighted by atomic mass is 10.1. The highest BCUT2D eigenvalue weighted by Gasteiger charge is 2.05. The second kappa shape index (κ2) is 5.46. The molecule has 1 rings (SSSR count). The third-order valence-electron chi connectivity index (χ3n) is 2.10. The third kappa shape index (κ3) is 3.67. The van der Waals surface area contributed by atoms with Crippen LogP contribution < -0.4 is 5.73 Å². The highest BCUT2D eigenvalue weighted by atomic mass is 16.5. The largest absolute Gasteiger partial charge is 0.465 e. The summed E-state index contributed by atoms with van der Waals surface area (Å²) in [4.78, 5) is 15.3. The summed E-state index contributed by atoms with van der Waals surface area (Å²) in [6.45, 7) is 1.96. The van der Waals surface area contributed by atoms with Gasteiger partial charge in [0.2, 0.25) is 0 Å². The lowest BCUT2D eigenvalue weighted by Gasteiger charge is -2.04. The summed E-state index contributed by atoms with van der Waals surface area (Å²) in [6.07, 6.45) is 3.26. The van der Waals surface area contributed by atoms with E-state index < -0.39 is 0 Å². The first-order valence-corrected chi connectivity index (χ1v) is 4.92. The Kier molecular flexibility index (Phi) is 4.24. The smallest absolute Gasteiger partial charge is 0.339 e. The molecule has 0 fully saturated rings. The van der Waals surface area contributed by atoms with Crippen LogP contribution in [-0.2, 0) is 11.2 Å². The molecule has 0 unspecified atom stereocenters. The Bertz CT molecular complexity index is 320. The molecule has 1 aromatic rings. The maximum Gasteiger partial charge on any atom is 0.339 e. The van der Waals surface area contributed by atoms with Crippen LogP contribution in [-0.4, -0.2) is 24.1 Å². The normalized spacial score (nSPS) is 12.2. The van der Waals surface area contributed by atoms with Crippen molar-refractivity contribution in [1.29, 1.82) is 0 Å². The number of esters is 1. The number of rotatable bonds is 4. The number of nitrogens with zero attached hydrogens (tertiary/aromatic N) is 1. The van der Waals surface area contributed by atoms with E-state index in [1.54, 1.807) is 6.07 Å². The zero-order valence-corrected chi connectivity index (χ0v) is 9.06. The van der Waals surface area contributed by atoms with Crippen molar-refractivity contribution >= 4 is 5.97 Å². The zero-order valence-electron chi connectivity index (χ0n) is 9.06. The predicted octanol–water partition coefficient (Wildman–Crippen LogP) is 1.15. The number of carbonyl (C=O) groups excluding carboxylic acids is 1. The number of ether oxygens (including phenoxy) is 1. The maximum atomic E-state index is 11.1. The minimum atomic E-state index is -0.360. The molecule has 0 aliphatic rings. The summed E-state index contributed by atoms with van der Waals surface area (Å²) < 4.78 is 4.58. The van der Waals surface area contributed by atoms with Crippen molar-refractivity contribution in [3.63, 3.8) is 0 Å². The summed E-state index contributed by atoms with van der Waals surface area (Å²) in [5.74, 6) is -0.360. The van der Waals surface area contributed by atoms with E-state index in [1.165, 1.54) is 13.3 Å². The van der Waals surface area contributed by atoms with Crippen LogP contribution in [0, 0.1) is 0 Å². The van der Waals surface area contributed by atoms with Gasteiger partial charge >= 0.3 is 5.97 Å². The summed E-state index contributed by atoms with van der Waals surface area (Å²) in [7, 11) is 1.35. The molecule has 1 aromatic heterocycles. The topological polar surface area (TPSA) is 65.2 Å². The van der Waals surface area contributed by atoms with Gasteiger partial charge in [0.05, 0.1) is 12.7 Å². The quantitative estimate of drug-likeness (QED) is 0.754. The van der Waals surface area contributed by atoms with Gasteiger partial charge in [-0.1, -0.05) is 0 Å². The number of hydrogen-bond acceptors (Lipinski definition) is 4. The molecule has 1 heterocycles. The molecule has 1 atom stereocenters. The second-order valence-corrected chi connectivity index (χ2v) is 3.55. The molecule has 0 radical (unpaired) electrons. The van der Waals surface area contributed by atoms with Crippen molar-refractivity contribution in [2.45, 2.75) is 25.8 Å². The first-order valence-electron chi connectivity index (χ1n) is 4.92. The highest BCUT2D eigenvalue weighted by molar-refractivity contribution is 5.88. The van der Waals surface area contributed by atoms with Crippen molar-refractivity contribution in [2.24, 2.45) is 5.73 Å². The van der Waals surface area contributed by atoms with Crippen molar-refractivity contribution in [2.75, 3.05) is 7.11 Å². The molecule has 0 saturated carbocycles. The van der Waals surface area contributed by atoms with E-state index in [4.69, 9.17) is 5.73 Å². The average Bonchev–Trinajstić information content (AvgIpc) is 2.26. The molecule has 0 amide bonds. The van der Waals surface area contributed by atoms with Crippen LogP contribution in [0.1, 0.15) is 29.4 Å². The van der Waals surface area contributed by atoms with Crippen molar-refractivity contribution < 1.29 is 9.53 Å². The van der Waals surface area contributed by atoms with Crippen LogP contribution in [0.5, 0.6) is 0 Å². The van der Waals surface area contributed by atoms with Gasteiger partial charge in [-0.2, -0.15) is 0 Å². The average molecular weight is 208 g/mol. The third-order valence-corrected chi connectivity index (χ3v) is 2.10. The highest BCUT2D eigenvalue weighted by Crippen LogP contribution is 2.04. The van der Waals surface area contributed by atoms with Crippen LogP contribution in [0.15, 0.2) is 18.3 Å². The van der Waals surface area contributed by atoms with E-state index in [0.717, 1.165) is 18.5 Å². The number of pyridine rings is 1. The first kappa shape index (κ1) is 11.7. The fraction of sp³-hybridized carbons (Fsp3) is 0.455. The lowest BCUT2D eigenvalue weighted by Crippen LogP contribution is -2.15. The molecular weight excluding hydrogens is 192 g/mol. The number of aromatic nitrogens is 1. The Labute approximate surface area is 89.5 Å². The van der Waals surface area contributed by atoms with Crippen LogP contribution >= 0.6 is 0 Å². The fourth-order valence-corrected chi connectivity index (χ4v) is 1.19. The van der Waals surface area contributed by atoms with Gasteiger partial charge in [-0.15, -0.1) is 0 Å². The lowest BCUT2D eigenvalue weighted by molar-refractivity contribution is 0.0600. The Balaban J connectivity index is 2.60. The van der Waals surface area contributed by atoms with E-state index in [0.29, 0.717) is 5.56 Å². The van der Waals surface area contributed by atoms with E-state index in [1.807, 2.05) is 13.0 Å². The van der Waals surface area contributed by atoms with Crippen LogP contribution in [0.4, 0.5) is 0 Å². The second-order valence-electron chi connectivity index (χ2n) is 3.55. The SMILES string of the molecule is COC(=O)c1ccc(CC[C@H](C)N)nc1. The van der Waals surface area contributed by atoms with Crippen molar-refractivity contribution in [3.8, 4) is 0 Å². The zero-order chi connectivity index (χ0) is 11.3. The summed E-state index contributed by atoms with van der Waals surface area (Å²) >= 11 is 0. The van der Waals surface area contributed by atoms with E-state index in [2.05, 4.69) is 9.72 Å². The number of nitrogens with two attached hydrogens (primary N) is 1. The molecule has 4 nitrogen and oxygen atoms in total. The predicted molar refractivity (Wildman–Crippen MR) is 57.5 cm³/mol. The van der Waals surface area contributed by atoms with Gasteiger partial charge in [0.25, 0.3) is 0 Å². The summed E-state index contributed by atoms with van der Waals surface area (Å²) in [5, 5.41) is 0. The number of aryl methyl sites for hydroxylation is 1. The Hall–Kier alpha value is -1.42. The van der Waals surface area contributed by atoms with Gasteiger partial charge in [-0.25, -0.2) is 4.79 Å². The summed E-state index contributed by atoms with van der Waals surface area (Å²) in [5.41, 5.74) is 7.06. The molecular formula is C11H16N2O2. The van der Waals surface area contributed by atoms with Gasteiger partial charge in [-0.05, 0) is 31.9 Å². The molecule has 0 aromatic carbocycles. The Morgan fingerprint density at radius 1 is 1.60 bits per heavy atom. The maximum absolute atomic E-state index is 11.1. The minimum absolute atomic E-state index is 0.173. The van der Waals surface area contributed by atoms with Crippen molar-refractivity contribution in [1.82, 2.24) is 4.98 Å². The van der Waals surface area contributed by atoms with Gasteiger partial charge in [0.15, 0.2) is 0 Å². The molecule has 0 aliphatic heterocycles. The molecule has 2 N–H and O–H groups in total.